The molecule has 1 fully saturated rings. The number of hydrogen-bond donors (Lipinski definition) is 3. The van der Waals surface area contributed by atoms with Crippen LogP contribution in [0, 0.1) is 5.92 Å². The van der Waals surface area contributed by atoms with E-state index in [0.717, 1.165) is 13.3 Å². The first-order chi connectivity index (χ1) is 11.6. The van der Waals surface area contributed by atoms with Gasteiger partial charge in [0.15, 0.2) is 5.60 Å². The van der Waals surface area contributed by atoms with Gasteiger partial charge in [-0.05, 0) is 31.5 Å². The van der Waals surface area contributed by atoms with Crippen LogP contribution in [-0.2, 0) is 19.6 Å². The van der Waals surface area contributed by atoms with Crippen molar-refractivity contribution in [2.45, 2.75) is 23.8 Å². The van der Waals surface area contributed by atoms with Crippen molar-refractivity contribution in [1.82, 2.24) is 4.72 Å². The van der Waals surface area contributed by atoms with Crippen molar-refractivity contribution in [3.63, 3.8) is 0 Å². The lowest BCUT2D eigenvalue weighted by atomic mass is 10.1. The Morgan fingerprint density at radius 3 is 2.84 bits per heavy atom. The molecular formula is C15H20ClNO7S. The van der Waals surface area contributed by atoms with Gasteiger partial charge >= 0.3 is 5.97 Å². The number of benzene rings is 1. The van der Waals surface area contributed by atoms with Gasteiger partial charge in [0.2, 0.25) is 10.0 Å². The normalized spacial score (nSPS) is 20.2. The minimum atomic E-state index is -4.14. The van der Waals surface area contributed by atoms with Crippen LogP contribution in [0.4, 0.5) is 0 Å². The molecule has 25 heavy (non-hydrogen) atoms. The highest BCUT2D eigenvalue weighted by atomic mass is 35.5. The minimum absolute atomic E-state index is 0.0961. The van der Waals surface area contributed by atoms with Gasteiger partial charge < -0.3 is 19.7 Å². The molecule has 1 aliphatic heterocycles. The Labute approximate surface area is 150 Å². The van der Waals surface area contributed by atoms with Crippen LogP contribution in [0.3, 0.4) is 0 Å². The molecule has 0 aromatic heterocycles. The lowest BCUT2D eigenvalue weighted by molar-refractivity contribution is -0.155. The highest BCUT2D eigenvalue weighted by Crippen LogP contribution is 2.28. The molecule has 10 heteroatoms. The fraction of sp³-hybridized carbons (Fsp3) is 0.533. The Hall–Kier alpha value is -1.39. The molecule has 0 bridgehead atoms. The Morgan fingerprint density at radius 1 is 1.52 bits per heavy atom. The van der Waals surface area contributed by atoms with Gasteiger partial charge in [-0.2, -0.15) is 0 Å². The van der Waals surface area contributed by atoms with Gasteiger partial charge in [-0.15, -0.1) is 0 Å². The number of halogens is 1. The maximum atomic E-state index is 12.5. The molecule has 0 saturated carbocycles. The van der Waals surface area contributed by atoms with Crippen LogP contribution in [0.2, 0.25) is 5.02 Å². The van der Waals surface area contributed by atoms with Gasteiger partial charge in [0.05, 0.1) is 19.8 Å². The van der Waals surface area contributed by atoms with E-state index in [9.17, 15) is 18.3 Å². The van der Waals surface area contributed by atoms with Crippen molar-refractivity contribution in [2.24, 2.45) is 5.92 Å². The molecule has 2 rings (SSSR count). The van der Waals surface area contributed by atoms with E-state index in [4.69, 9.17) is 26.2 Å². The molecular weight excluding hydrogens is 374 g/mol. The van der Waals surface area contributed by atoms with Gasteiger partial charge in [-0.3, -0.25) is 0 Å². The number of aliphatic hydroxyl groups is 1. The maximum Gasteiger partial charge on any atom is 0.336 e. The van der Waals surface area contributed by atoms with Crippen molar-refractivity contribution in [2.75, 3.05) is 26.4 Å². The fourth-order valence-corrected chi connectivity index (χ4v) is 3.66. The molecule has 1 aromatic carbocycles. The molecule has 140 valence electrons. The molecule has 1 aliphatic rings. The van der Waals surface area contributed by atoms with Crippen LogP contribution >= 0.6 is 11.6 Å². The van der Waals surface area contributed by atoms with Crippen molar-refractivity contribution in [3.05, 3.63) is 23.2 Å². The molecule has 0 radical (unpaired) electrons. The Kier molecular flexibility index (Phi) is 6.28. The summed E-state index contributed by atoms with van der Waals surface area (Å²) in [4.78, 5) is 10.7. The van der Waals surface area contributed by atoms with E-state index in [-0.39, 0.29) is 28.2 Å². The summed E-state index contributed by atoms with van der Waals surface area (Å²) in [5.74, 6) is -1.27. The SMILES string of the molecule is CC(O)(CNS(=O)(=O)c1cc(Cl)ccc1OCC1CCOC1)C(=O)O. The number of nitrogens with one attached hydrogen (secondary N) is 1. The van der Waals surface area contributed by atoms with Crippen LogP contribution in [0.25, 0.3) is 0 Å². The number of aliphatic carboxylic acids is 1. The van der Waals surface area contributed by atoms with Crippen molar-refractivity contribution < 1.29 is 32.9 Å². The summed E-state index contributed by atoms with van der Waals surface area (Å²) in [6.45, 7) is 1.78. The van der Waals surface area contributed by atoms with Crippen LogP contribution < -0.4 is 9.46 Å². The summed E-state index contributed by atoms with van der Waals surface area (Å²) in [5, 5.41) is 18.7. The predicted octanol–water partition coefficient (Wildman–Crippen LogP) is 0.869. The monoisotopic (exact) mass is 393 g/mol. The van der Waals surface area contributed by atoms with Crippen LogP contribution in [0.15, 0.2) is 23.1 Å². The van der Waals surface area contributed by atoms with Crippen molar-refractivity contribution >= 4 is 27.6 Å². The third kappa shape index (κ3) is 5.29. The zero-order valence-electron chi connectivity index (χ0n) is 13.6. The Bertz CT molecular complexity index is 729. The fourth-order valence-electron chi connectivity index (χ4n) is 2.12. The topological polar surface area (TPSA) is 122 Å². The lowest BCUT2D eigenvalue weighted by Crippen LogP contribution is -2.46. The summed E-state index contributed by atoms with van der Waals surface area (Å²) in [6.07, 6.45) is 0.829. The average molecular weight is 394 g/mol. The summed E-state index contributed by atoms with van der Waals surface area (Å²) < 4.78 is 37.9. The molecule has 2 unspecified atom stereocenters. The van der Waals surface area contributed by atoms with E-state index in [1.165, 1.54) is 18.2 Å². The second-order valence-electron chi connectivity index (χ2n) is 6.04. The molecule has 8 nitrogen and oxygen atoms in total. The summed E-state index contributed by atoms with van der Waals surface area (Å²) >= 11 is 5.88. The zero-order valence-corrected chi connectivity index (χ0v) is 15.1. The van der Waals surface area contributed by atoms with E-state index in [1.807, 2.05) is 0 Å². The summed E-state index contributed by atoms with van der Waals surface area (Å²) in [6, 6.07) is 4.14. The molecule has 0 spiro atoms. The Balaban J connectivity index is 2.17. The molecule has 1 aromatic rings. The number of ether oxygens (including phenoxy) is 2. The van der Waals surface area contributed by atoms with E-state index in [0.29, 0.717) is 13.2 Å². The molecule has 3 N–H and O–H groups in total. The van der Waals surface area contributed by atoms with E-state index in [2.05, 4.69) is 4.72 Å². The van der Waals surface area contributed by atoms with Crippen LogP contribution in [-0.4, -0.2) is 56.6 Å². The molecule has 2 atom stereocenters. The van der Waals surface area contributed by atoms with Crippen molar-refractivity contribution in [3.8, 4) is 5.75 Å². The number of rotatable bonds is 8. The third-order valence-corrected chi connectivity index (χ3v) is 5.42. The second kappa shape index (κ2) is 7.88. The standard InChI is InChI=1S/C15H20ClNO7S/c1-15(20,14(18)19)9-17-25(21,22)13-6-11(16)2-3-12(13)24-8-10-4-5-23-7-10/h2-3,6,10,17,20H,4-5,7-9H2,1H3,(H,18,19). The zero-order chi connectivity index (χ0) is 18.7. The first-order valence-corrected chi connectivity index (χ1v) is 9.43. The van der Waals surface area contributed by atoms with E-state index in [1.54, 1.807) is 0 Å². The Morgan fingerprint density at radius 2 is 2.24 bits per heavy atom. The van der Waals surface area contributed by atoms with Gasteiger partial charge in [-0.25, -0.2) is 17.9 Å². The number of carboxylic acid groups (broad SMARTS) is 1. The molecule has 1 heterocycles. The van der Waals surface area contributed by atoms with Gasteiger partial charge in [0, 0.05) is 17.5 Å². The van der Waals surface area contributed by atoms with Gasteiger partial charge in [-0.1, -0.05) is 11.6 Å². The van der Waals surface area contributed by atoms with Gasteiger partial charge in [0.1, 0.15) is 10.6 Å². The molecule has 0 aliphatic carbocycles. The highest BCUT2D eigenvalue weighted by molar-refractivity contribution is 7.89. The maximum absolute atomic E-state index is 12.5. The van der Waals surface area contributed by atoms with E-state index >= 15 is 0 Å². The first kappa shape index (κ1) is 19.9. The predicted molar refractivity (Wildman–Crippen MR) is 89.3 cm³/mol. The first-order valence-electron chi connectivity index (χ1n) is 7.57. The molecule has 0 amide bonds. The number of carbonyl (C=O) groups is 1. The lowest BCUT2D eigenvalue weighted by Gasteiger charge is -2.19. The van der Waals surface area contributed by atoms with Crippen molar-refractivity contribution in [1.29, 1.82) is 0 Å². The number of carboxylic acids is 1. The molecule has 1 saturated heterocycles. The van der Waals surface area contributed by atoms with Crippen LogP contribution in [0.1, 0.15) is 13.3 Å². The van der Waals surface area contributed by atoms with Crippen LogP contribution in [0.5, 0.6) is 5.75 Å². The minimum Gasteiger partial charge on any atom is -0.492 e. The average Bonchev–Trinajstić information content (AvgIpc) is 3.05. The van der Waals surface area contributed by atoms with E-state index < -0.39 is 28.1 Å². The quantitative estimate of drug-likeness (QED) is 0.598. The number of hydrogen-bond acceptors (Lipinski definition) is 6. The summed E-state index contributed by atoms with van der Waals surface area (Å²) in [7, 11) is -4.14. The highest BCUT2D eigenvalue weighted by Gasteiger charge is 2.32. The largest absolute Gasteiger partial charge is 0.492 e. The third-order valence-electron chi connectivity index (χ3n) is 3.76. The summed E-state index contributed by atoms with van der Waals surface area (Å²) in [5.41, 5.74) is -2.24. The number of sulfonamides is 1. The van der Waals surface area contributed by atoms with Gasteiger partial charge in [0.25, 0.3) is 0 Å². The second-order valence-corrected chi connectivity index (χ2v) is 8.21. The smallest absolute Gasteiger partial charge is 0.336 e.